The first-order valence-corrected chi connectivity index (χ1v) is 5.66. The molecule has 1 heterocycles. The molecule has 0 fully saturated rings. The maximum atomic E-state index is 12.2. The van der Waals surface area contributed by atoms with Crippen LogP contribution in [0, 0.1) is 0 Å². The van der Waals surface area contributed by atoms with E-state index in [1.807, 2.05) is 20.8 Å². The van der Waals surface area contributed by atoms with Crippen molar-refractivity contribution in [1.82, 2.24) is 15.1 Å². The van der Waals surface area contributed by atoms with Crippen LogP contribution in [-0.2, 0) is 0 Å². The molecule has 17 heavy (non-hydrogen) atoms. The molecule has 4 nitrogen and oxygen atoms in total. The summed E-state index contributed by atoms with van der Waals surface area (Å²) in [7, 11) is 0. The maximum Gasteiger partial charge on any atom is 0.275 e. The third-order valence-corrected chi connectivity index (χ3v) is 2.42. The predicted molar refractivity (Wildman–Crippen MR) is 68.0 cm³/mol. The third-order valence-electron chi connectivity index (χ3n) is 2.22. The predicted octanol–water partition coefficient (Wildman–Crippen LogP) is 2.56. The monoisotopic (exact) mass is 253 g/mol. The molecule has 0 N–H and O–H groups in total. The molecule has 0 bridgehead atoms. The minimum atomic E-state index is -0.299. The fraction of sp³-hybridized carbons (Fsp3) is 0.417. The van der Waals surface area contributed by atoms with Crippen LogP contribution in [0.5, 0.6) is 0 Å². The Morgan fingerprint density at radius 1 is 1.47 bits per heavy atom. The Morgan fingerprint density at radius 3 is 2.53 bits per heavy atom. The molecule has 0 aromatic carbocycles. The third kappa shape index (κ3) is 3.53. The molecular formula is C12H16ClN3O. The topological polar surface area (TPSA) is 46.1 Å². The summed E-state index contributed by atoms with van der Waals surface area (Å²) in [6.45, 7) is 9.99. The number of hydrogen-bond acceptors (Lipinski definition) is 3. The summed E-state index contributed by atoms with van der Waals surface area (Å²) in [4.78, 5) is 13.9. The Morgan fingerprint density at radius 2 is 2.12 bits per heavy atom. The Bertz CT molecular complexity index is 409. The van der Waals surface area contributed by atoms with Crippen molar-refractivity contribution in [1.29, 1.82) is 0 Å². The van der Waals surface area contributed by atoms with Gasteiger partial charge in [0, 0.05) is 12.1 Å². The minimum absolute atomic E-state index is 0.179. The van der Waals surface area contributed by atoms with Crippen molar-refractivity contribution < 1.29 is 4.79 Å². The first kappa shape index (κ1) is 13.6. The van der Waals surface area contributed by atoms with Crippen molar-refractivity contribution in [3.05, 3.63) is 35.6 Å². The molecule has 1 aromatic heterocycles. The van der Waals surface area contributed by atoms with Crippen LogP contribution in [0.3, 0.4) is 0 Å². The number of hydrogen-bond donors (Lipinski definition) is 0. The van der Waals surface area contributed by atoms with E-state index >= 15 is 0 Å². The Labute approximate surface area is 106 Å². The van der Waals surface area contributed by atoms with Crippen LogP contribution in [0.15, 0.2) is 24.8 Å². The molecule has 0 aliphatic rings. The lowest BCUT2D eigenvalue weighted by Gasteiger charge is -2.34. The van der Waals surface area contributed by atoms with Gasteiger partial charge in [0.15, 0.2) is 10.8 Å². The smallest absolute Gasteiger partial charge is 0.275 e. The lowest BCUT2D eigenvalue weighted by atomic mass is 10.1. The number of rotatable bonds is 3. The van der Waals surface area contributed by atoms with Crippen molar-refractivity contribution in [2.75, 3.05) is 6.54 Å². The van der Waals surface area contributed by atoms with Gasteiger partial charge in [0.1, 0.15) is 0 Å². The van der Waals surface area contributed by atoms with Gasteiger partial charge in [0.25, 0.3) is 5.91 Å². The summed E-state index contributed by atoms with van der Waals surface area (Å²) >= 11 is 5.63. The van der Waals surface area contributed by atoms with Gasteiger partial charge in [-0.2, -0.15) is 0 Å². The molecule has 1 rings (SSSR count). The number of amides is 1. The van der Waals surface area contributed by atoms with E-state index in [4.69, 9.17) is 11.6 Å². The van der Waals surface area contributed by atoms with Crippen molar-refractivity contribution in [2.24, 2.45) is 0 Å². The lowest BCUT2D eigenvalue weighted by Crippen LogP contribution is -2.46. The van der Waals surface area contributed by atoms with Gasteiger partial charge < -0.3 is 4.90 Å². The molecule has 0 unspecified atom stereocenters. The molecule has 0 saturated carbocycles. The Hall–Kier alpha value is -1.42. The average Bonchev–Trinajstić information content (AvgIpc) is 2.24. The second kappa shape index (κ2) is 5.27. The molecule has 0 aliphatic heterocycles. The fourth-order valence-corrected chi connectivity index (χ4v) is 1.46. The van der Waals surface area contributed by atoms with Crippen LogP contribution in [0.4, 0.5) is 0 Å². The molecule has 0 radical (unpaired) electrons. The highest BCUT2D eigenvalue weighted by Gasteiger charge is 2.27. The van der Waals surface area contributed by atoms with Crippen LogP contribution in [0.2, 0.25) is 5.15 Å². The van der Waals surface area contributed by atoms with E-state index in [1.54, 1.807) is 23.1 Å². The van der Waals surface area contributed by atoms with Gasteiger partial charge in [-0.1, -0.05) is 17.7 Å². The van der Waals surface area contributed by atoms with E-state index in [0.717, 1.165) is 0 Å². The van der Waals surface area contributed by atoms with E-state index in [-0.39, 0.29) is 22.3 Å². The van der Waals surface area contributed by atoms with Gasteiger partial charge in [-0.15, -0.1) is 16.8 Å². The molecule has 5 heteroatoms. The summed E-state index contributed by atoms with van der Waals surface area (Å²) in [5, 5.41) is 7.73. The van der Waals surface area contributed by atoms with Gasteiger partial charge in [0.05, 0.1) is 0 Å². The molecule has 0 aliphatic carbocycles. The number of aromatic nitrogens is 2. The first-order valence-electron chi connectivity index (χ1n) is 5.28. The van der Waals surface area contributed by atoms with E-state index < -0.39 is 0 Å². The highest BCUT2D eigenvalue weighted by molar-refractivity contribution is 6.29. The summed E-state index contributed by atoms with van der Waals surface area (Å²) in [5.74, 6) is -0.179. The Kier molecular flexibility index (Phi) is 4.23. The van der Waals surface area contributed by atoms with E-state index in [0.29, 0.717) is 6.54 Å². The van der Waals surface area contributed by atoms with Crippen LogP contribution in [0.1, 0.15) is 31.3 Å². The van der Waals surface area contributed by atoms with Gasteiger partial charge in [-0.05, 0) is 32.9 Å². The summed E-state index contributed by atoms with van der Waals surface area (Å²) in [6, 6.07) is 3.12. The molecule has 0 saturated heterocycles. The van der Waals surface area contributed by atoms with Crippen LogP contribution < -0.4 is 0 Å². The zero-order chi connectivity index (χ0) is 13.1. The molecule has 1 amide bonds. The number of carbonyl (C=O) groups is 1. The fourth-order valence-electron chi connectivity index (χ4n) is 1.36. The van der Waals surface area contributed by atoms with E-state index in [1.165, 1.54) is 0 Å². The normalized spacial score (nSPS) is 11.1. The standard InChI is InChI=1S/C12H16ClN3O/c1-5-8-16(12(2,3)4)11(17)9-6-7-10(13)15-14-9/h5-7H,1,8H2,2-4H3. The van der Waals surface area contributed by atoms with Crippen LogP contribution in [0.25, 0.3) is 0 Å². The van der Waals surface area contributed by atoms with Crippen molar-refractivity contribution >= 4 is 17.5 Å². The largest absolute Gasteiger partial charge is 0.329 e. The lowest BCUT2D eigenvalue weighted by molar-refractivity contribution is 0.0609. The SMILES string of the molecule is C=CCN(C(=O)c1ccc(Cl)nn1)C(C)(C)C. The summed E-state index contributed by atoms with van der Waals surface area (Å²) in [6.07, 6.45) is 1.69. The number of nitrogens with zero attached hydrogens (tertiary/aromatic N) is 3. The van der Waals surface area contributed by atoms with Gasteiger partial charge in [-0.25, -0.2) is 0 Å². The summed E-state index contributed by atoms with van der Waals surface area (Å²) < 4.78 is 0. The van der Waals surface area contributed by atoms with Gasteiger partial charge >= 0.3 is 0 Å². The highest BCUT2D eigenvalue weighted by Crippen LogP contribution is 2.16. The van der Waals surface area contributed by atoms with Crippen molar-refractivity contribution in [3.63, 3.8) is 0 Å². The molecule has 0 atom stereocenters. The zero-order valence-corrected chi connectivity index (χ0v) is 11.0. The molecule has 1 aromatic rings. The number of halogens is 1. The van der Waals surface area contributed by atoms with E-state index in [2.05, 4.69) is 16.8 Å². The van der Waals surface area contributed by atoms with Gasteiger partial charge in [0.2, 0.25) is 0 Å². The molecular weight excluding hydrogens is 238 g/mol. The molecule has 0 spiro atoms. The van der Waals surface area contributed by atoms with Crippen LogP contribution in [-0.4, -0.2) is 33.1 Å². The van der Waals surface area contributed by atoms with Crippen molar-refractivity contribution in [2.45, 2.75) is 26.3 Å². The van der Waals surface area contributed by atoms with Crippen molar-refractivity contribution in [3.8, 4) is 0 Å². The highest BCUT2D eigenvalue weighted by atomic mass is 35.5. The second-order valence-corrected chi connectivity index (χ2v) is 5.00. The maximum absolute atomic E-state index is 12.2. The zero-order valence-electron chi connectivity index (χ0n) is 10.3. The quantitative estimate of drug-likeness (QED) is 0.778. The van der Waals surface area contributed by atoms with Crippen LogP contribution >= 0.6 is 11.6 Å². The average molecular weight is 254 g/mol. The number of carbonyl (C=O) groups excluding carboxylic acids is 1. The summed E-state index contributed by atoms with van der Waals surface area (Å²) in [5.41, 5.74) is -0.0155. The van der Waals surface area contributed by atoms with Gasteiger partial charge in [-0.3, -0.25) is 4.79 Å². The van der Waals surface area contributed by atoms with E-state index in [9.17, 15) is 4.79 Å². The first-order chi connectivity index (χ1) is 7.86. The second-order valence-electron chi connectivity index (χ2n) is 4.62. The minimum Gasteiger partial charge on any atom is -0.329 e. The molecule has 92 valence electrons. The Balaban J connectivity index is 3.00.